The molecule has 0 saturated heterocycles. The first-order valence-electron chi connectivity index (χ1n) is 30.3. The molecule has 0 aliphatic rings. The fourth-order valence-electron chi connectivity index (χ4n) is 9.37. The van der Waals surface area contributed by atoms with Gasteiger partial charge in [-0.15, -0.1) is 0 Å². The van der Waals surface area contributed by atoms with E-state index in [0.717, 1.165) is 69.6 Å². The zero-order valence-electron chi connectivity index (χ0n) is 46.0. The molecule has 0 aliphatic carbocycles. The van der Waals surface area contributed by atoms with Gasteiger partial charge in [0.25, 0.3) is 0 Å². The minimum Gasteiger partial charge on any atom is -0.462 e. The van der Waals surface area contributed by atoms with Gasteiger partial charge in [-0.3, -0.25) is 14.4 Å². The summed E-state index contributed by atoms with van der Waals surface area (Å²) in [5.74, 6) is 0.876. The highest BCUT2D eigenvalue weighted by atomic mass is 16.6. The summed E-state index contributed by atoms with van der Waals surface area (Å²) < 4.78 is 16.9. The molecule has 0 N–H and O–H groups in total. The Morgan fingerprint density at radius 1 is 0.313 bits per heavy atom. The molecular weight excluding hydrogens is 829 g/mol. The molecule has 1 unspecified atom stereocenters. The average molecular weight is 948 g/mol. The molecule has 67 heavy (non-hydrogen) atoms. The predicted molar refractivity (Wildman–Crippen MR) is 289 cm³/mol. The second kappa shape index (κ2) is 53.8. The number of carbonyl (C=O) groups is 3. The maximum absolute atomic E-state index is 12.9. The Hall–Kier alpha value is -1.59. The van der Waals surface area contributed by atoms with E-state index in [1.807, 2.05) is 0 Å². The lowest BCUT2D eigenvalue weighted by Gasteiger charge is -2.18. The number of hydrogen-bond acceptors (Lipinski definition) is 6. The molecule has 0 rings (SSSR count). The highest BCUT2D eigenvalue weighted by molar-refractivity contribution is 5.71. The number of rotatable bonds is 55. The van der Waals surface area contributed by atoms with Gasteiger partial charge in [-0.25, -0.2) is 0 Å². The van der Waals surface area contributed by atoms with Crippen molar-refractivity contribution in [2.24, 2.45) is 11.8 Å². The third-order valence-corrected chi connectivity index (χ3v) is 14.3. The van der Waals surface area contributed by atoms with Crippen molar-refractivity contribution in [1.29, 1.82) is 0 Å². The molecule has 0 aromatic carbocycles. The topological polar surface area (TPSA) is 78.9 Å². The van der Waals surface area contributed by atoms with Crippen LogP contribution in [0.5, 0.6) is 0 Å². The van der Waals surface area contributed by atoms with Gasteiger partial charge in [0.2, 0.25) is 0 Å². The van der Waals surface area contributed by atoms with Crippen molar-refractivity contribution in [2.75, 3.05) is 13.2 Å². The molecule has 6 nitrogen and oxygen atoms in total. The summed E-state index contributed by atoms with van der Waals surface area (Å²) in [5, 5.41) is 0. The minimum absolute atomic E-state index is 0.0625. The number of carbonyl (C=O) groups excluding carboxylic acids is 3. The third kappa shape index (κ3) is 53.6. The van der Waals surface area contributed by atoms with Gasteiger partial charge >= 0.3 is 17.9 Å². The molecule has 0 spiro atoms. The Labute approximate surface area is 418 Å². The van der Waals surface area contributed by atoms with Crippen LogP contribution in [0.2, 0.25) is 0 Å². The molecule has 0 radical (unpaired) electrons. The van der Waals surface area contributed by atoms with Crippen molar-refractivity contribution < 1.29 is 28.6 Å². The zero-order chi connectivity index (χ0) is 48.9. The van der Waals surface area contributed by atoms with Crippen LogP contribution in [-0.2, 0) is 28.6 Å². The fraction of sp³-hybridized carbons (Fsp3) is 0.951. The van der Waals surface area contributed by atoms with Crippen LogP contribution in [0.15, 0.2) is 0 Å². The lowest BCUT2D eigenvalue weighted by molar-refractivity contribution is -0.167. The van der Waals surface area contributed by atoms with Crippen molar-refractivity contribution in [2.45, 2.75) is 349 Å². The Morgan fingerprint density at radius 3 is 0.851 bits per heavy atom. The summed E-state index contributed by atoms with van der Waals surface area (Å²) in [4.78, 5) is 38.2. The van der Waals surface area contributed by atoms with Crippen molar-refractivity contribution in [1.82, 2.24) is 0 Å². The molecule has 0 aromatic heterocycles. The van der Waals surface area contributed by atoms with Gasteiger partial charge < -0.3 is 14.2 Å². The molecule has 6 heteroatoms. The van der Waals surface area contributed by atoms with Crippen LogP contribution >= 0.6 is 0 Å². The standard InChI is InChI=1S/C61H118O6/c1-6-8-9-10-11-12-13-14-15-16-17-18-22-25-31-36-41-46-51-59(62)65-54-58(55-66-60(63)52-47-42-37-32-28-27-29-34-39-44-49-56(3)4)67-61(64)53-48-43-38-33-26-23-20-19-21-24-30-35-40-45-50-57(5)7-2/h56-58H,6-55H2,1-5H3/t57?,58-/m0/s1. The van der Waals surface area contributed by atoms with E-state index < -0.39 is 6.10 Å². The third-order valence-electron chi connectivity index (χ3n) is 14.3. The van der Waals surface area contributed by atoms with E-state index in [4.69, 9.17) is 14.2 Å². The Kier molecular flexibility index (Phi) is 52.5. The normalized spacial score (nSPS) is 12.4. The quantitative estimate of drug-likeness (QED) is 0.0343. The molecule has 0 heterocycles. The first-order valence-corrected chi connectivity index (χ1v) is 30.3. The molecule has 0 aromatic rings. The van der Waals surface area contributed by atoms with Crippen LogP contribution in [0.1, 0.15) is 343 Å². The largest absolute Gasteiger partial charge is 0.462 e. The number of esters is 3. The summed E-state index contributed by atoms with van der Waals surface area (Å²) >= 11 is 0. The van der Waals surface area contributed by atoms with Crippen molar-refractivity contribution in [3.05, 3.63) is 0 Å². The van der Waals surface area contributed by atoms with Crippen LogP contribution < -0.4 is 0 Å². The summed E-state index contributed by atoms with van der Waals surface area (Å²) in [7, 11) is 0. The summed E-state index contributed by atoms with van der Waals surface area (Å²) in [6.45, 7) is 11.4. The first kappa shape index (κ1) is 65.4. The van der Waals surface area contributed by atoms with E-state index in [1.54, 1.807) is 0 Å². The highest BCUT2D eigenvalue weighted by Gasteiger charge is 2.19. The Morgan fingerprint density at radius 2 is 0.567 bits per heavy atom. The van der Waals surface area contributed by atoms with E-state index in [9.17, 15) is 14.4 Å². The van der Waals surface area contributed by atoms with Crippen molar-refractivity contribution >= 4 is 17.9 Å². The van der Waals surface area contributed by atoms with Gasteiger partial charge in [-0.05, 0) is 31.1 Å². The van der Waals surface area contributed by atoms with Gasteiger partial charge in [0, 0.05) is 19.3 Å². The number of ether oxygens (including phenoxy) is 3. The fourth-order valence-corrected chi connectivity index (χ4v) is 9.37. The predicted octanol–water partition coefficient (Wildman–Crippen LogP) is 20.0. The molecule has 398 valence electrons. The van der Waals surface area contributed by atoms with Crippen LogP contribution in [0.25, 0.3) is 0 Å². The van der Waals surface area contributed by atoms with E-state index in [2.05, 4.69) is 34.6 Å². The van der Waals surface area contributed by atoms with E-state index >= 15 is 0 Å². The molecule has 0 aliphatic heterocycles. The van der Waals surface area contributed by atoms with Gasteiger partial charge in [0.1, 0.15) is 13.2 Å². The number of hydrogen-bond donors (Lipinski definition) is 0. The maximum Gasteiger partial charge on any atom is 0.306 e. The summed E-state index contributed by atoms with van der Waals surface area (Å²) in [6, 6.07) is 0. The van der Waals surface area contributed by atoms with Crippen molar-refractivity contribution in [3.8, 4) is 0 Å². The first-order chi connectivity index (χ1) is 32.8. The maximum atomic E-state index is 12.9. The van der Waals surface area contributed by atoms with Crippen molar-refractivity contribution in [3.63, 3.8) is 0 Å². The second-order valence-electron chi connectivity index (χ2n) is 21.7. The van der Waals surface area contributed by atoms with Crippen LogP contribution in [0, 0.1) is 11.8 Å². The van der Waals surface area contributed by atoms with Gasteiger partial charge in [0.05, 0.1) is 0 Å². The van der Waals surface area contributed by atoms with Gasteiger partial charge in [-0.2, -0.15) is 0 Å². The molecular formula is C61H118O6. The zero-order valence-corrected chi connectivity index (χ0v) is 46.0. The average Bonchev–Trinajstić information content (AvgIpc) is 3.31. The smallest absolute Gasteiger partial charge is 0.306 e. The van der Waals surface area contributed by atoms with E-state index in [-0.39, 0.29) is 31.1 Å². The monoisotopic (exact) mass is 947 g/mol. The van der Waals surface area contributed by atoms with Crippen LogP contribution in [0.4, 0.5) is 0 Å². The minimum atomic E-state index is -0.763. The molecule has 0 saturated carbocycles. The van der Waals surface area contributed by atoms with Crippen LogP contribution in [0.3, 0.4) is 0 Å². The van der Waals surface area contributed by atoms with Gasteiger partial charge in [0.15, 0.2) is 6.10 Å². The Bertz CT molecular complexity index is 1030. The molecule has 2 atom stereocenters. The molecule has 0 amide bonds. The second-order valence-corrected chi connectivity index (χ2v) is 21.7. The van der Waals surface area contributed by atoms with Gasteiger partial charge in [-0.1, -0.05) is 304 Å². The van der Waals surface area contributed by atoms with E-state index in [0.29, 0.717) is 19.3 Å². The molecule has 0 fully saturated rings. The Balaban J connectivity index is 4.28. The summed E-state index contributed by atoms with van der Waals surface area (Å²) in [5.41, 5.74) is 0. The molecule has 0 bridgehead atoms. The van der Waals surface area contributed by atoms with Crippen LogP contribution in [-0.4, -0.2) is 37.2 Å². The SMILES string of the molecule is CCCCCCCCCCCCCCCCCCCCC(=O)OC[C@@H](COC(=O)CCCCCCCCCCCCC(C)C)OC(=O)CCCCCCCCCCCCCCCCC(C)CC. The number of unbranched alkanes of at least 4 members (excludes halogenated alkanes) is 39. The lowest BCUT2D eigenvalue weighted by Crippen LogP contribution is -2.30. The summed E-state index contributed by atoms with van der Waals surface area (Å²) in [6.07, 6.45) is 58.1. The van der Waals surface area contributed by atoms with E-state index in [1.165, 1.54) is 231 Å². The lowest BCUT2D eigenvalue weighted by atomic mass is 9.99. The highest BCUT2D eigenvalue weighted by Crippen LogP contribution is 2.19.